The molecule has 0 saturated carbocycles. The van der Waals surface area contributed by atoms with Gasteiger partial charge in [-0.2, -0.15) is 11.8 Å². The van der Waals surface area contributed by atoms with Crippen molar-refractivity contribution in [3.05, 3.63) is 24.0 Å². The Hall–Kier alpha value is -1.14. The molecule has 90 valence electrons. The molecule has 0 saturated heterocycles. The summed E-state index contributed by atoms with van der Waals surface area (Å²) in [6, 6.07) is 4.39. The molecule has 0 fully saturated rings. The molecule has 17 heavy (non-hydrogen) atoms. The van der Waals surface area contributed by atoms with Crippen LogP contribution in [0.4, 0.5) is 9.52 Å². The Morgan fingerprint density at radius 2 is 2.41 bits per heavy atom. The fourth-order valence-electron chi connectivity index (χ4n) is 1.33. The van der Waals surface area contributed by atoms with Crippen LogP contribution in [0.15, 0.2) is 18.2 Å². The molecule has 0 aliphatic rings. The summed E-state index contributed by atoms with van der Waals surface area (Å²) in [7, 11) is 0. The van der Waals surface area contributed by atoms with Gasteiger partial charge >= 0.3 is 0 Å². The normalized spacial score (nSPS) is 10.7. The molecule has 0 bridgehead atoms. The number of thiazole rings is 1. The molecule has 0 spiro atoms. The lowest BCUT2D eigenvalue weighted by Crippen LogP contribution is -2.11. The highest BCUT2D eigenvalue weighted by Gasteiger charge is 2.07. The van der Waals surface area contributed by atoms with Gasteiger partial charge in [0.25, 0.3) is 0 Å². The highest BCUT2D eigenvalue weighted by atomic mass is 32.2. The van der Waals surface area contributed by atoms with Crippen molar-refractivity contribution in [1.82, 2.24) is 4.98 Å². The summed E-state index contributed by atoms with van der Waals surface area (Å²) in [4.78, 5) is 15.7. The van der Waals surface area contributed by atoms with E-state index in [-0.39, 0.29) is 11.7 Å². The number of aromatic nitrogens is 1. The number of rotatable bonds is 4. The Morgan fingerprint density at radius 1 is 1.59 bits per heavy atom. The van der Waals surface area contributed by atoms with E-state index in [1.165, 1.54) is 23.5 Å². The van der Waals surface area contributed by atoms with E-state index in [1.807, 2.05) is 6.26 Å². The van der Waals surface area contributed by atoms with Crippen LogP contribution in [0, 0.1) is 5.82 Å². The second-order valence-electron chi connectivity index (χ2n) is 3.42. The van der Waals surface area contributed by atoms with E-state index >= 15 is 0 Å². The highest BCUT2D eigenvalue weighted by molar-refractivity contribution is 7.98. The minimum absolute atomic E-state index is 0.0566. The number of carbonyl (C=O) groups excluding carboxylic acids is 1. The molecular formula is C11H11FN2OS2. The molecule has 1 aromatic carbocycles. The summed E-state index contributed by atoms with van der Waals surface area (Å²) in [5.74, 6) is 0.436. The van der Waals surface area contributed by atoms with Crippen LogP contribution in [0.1, 0.15) is 6.42 Å². The molecule has 3 nitrogen and oxygen atoms in total. The quantitative estimate of drug-likeness (QED) is 0.928. The summed E-state index contributed by atoms with van der Waals surface area (Å²) >= 11 is 2.90. The maximum atomic E-state index is 13.0. The standard InChI is InChI=1S/C11H11FN2OS2/c1-16-5-4-10(15)14-11-13-8-3-2-7(12)6-9(8)17-11/h2-3,6H,4-5H2,1H3,(H,13,14,15). The lowest BCUT2D eigenvalue weighted by Gasteiger charge is -1.98. The van der Waals surface area contributed by atoms with Crippen LogP contribution in [-0.2, 0) is 4.79 Å². The number of thioether (sulfide) groups is 1. The molecule has 1 amide bonds. The van der Waals surface area contributed by atoms with Gasteiger partial charge in [0.2, 0.25) is 5.91 Å². The Bertz CT molecular complexity index is 541. The molecule has 0 aliphatic carbocycles. The number of hydrogen-bond donors (Lipinski definition) is 1. The van der Waals surface area contributed by atoms with Crippen molar-refractivity contribution in [1.29, 1.82) is 0 Å². The summed E-state index contributed by atoms with van der Waals surface area (Å²) in [6.07, 6.45) is 2.42. The Balaban J connectivity index is 2.11. The Morgan fingerprint density at radius 3 is 3.18 bits per heavy atom. The largest absolute Gasteiger partial charge is 0.302 e. The molecule has 1 N–H and O–H groups in total. The first-order valence-corrected chi connectivity index (χ1v) is 7.25. The van der Waals surface area contributed by atoms with Gasteiger partial charge in [0.05, 0.1) is 10.2 Å². The Labute approximate surface area is 106 Å². The van der Waals surface area contributed by atoms with Gasteiger partial charge in [-0.3, -0.25) is 4.79 Å². The average Bonchev–Trinajstić information content (AvgIpc) is 2.67. The molecule has 1 heterocycles. The zero-order valence-electron chi connectivity index (χ0n) is 9.20. The van der Waals surface area contributed by atoms with Gasteiger partial charge in [-0.25, -0.2) is 9.37 Å². The third-order valence-electron chi connectivity index (χ3n) is 2.13. The number of carbonyl (C=O) groups is 1. The summed E-state index contributed by atoms with van der Waals surface area (Å²) < 4.78 is 13.7. The number of fused-ring (bicyclic) bond motifs is 1. The Kier molecular flexibility index (Phi) is 3.96. The maximum Gasteiger partial charge on any atom is 0.226 e. The van der Waals surface area contributed by atoms with Gasteiger partial charge in [-0.05, 0) is 24.5 Å². The predicted octanol–water partition coefficient (Wildman–Crippen LogP) is 3.13. The van der Waals surface area contributed by atoms with Gasteiger partial charge in [0, 0.05) is 12.2 Å². The van der Waals surface area contributed by atoms with Crippen LogP contribution in [0.25, 0.3) is 10.2 Å². The fourth-order valence-corrected chi connectivity index (χ4v) is 2.62. The van der Waals surface area contributed by atoms with E-state index in [2.05, 4.69) is 10.3 Å². The smallest absolute Gasteiger partial charge is 0.226 e. The van der Waals surface area contributed by atoms with Crippen LogP contribution in [0.3, 0.4) is 0 Å². The van der Waals surface area contributed by atoms with Crippen molar-refractivity contribution in [3.63, 3.8) is 0 Å². The molecule has 6 heteroatoms. The van der Waals surface area contributed by atoms with Crippen LogP contribution < -0.4 is 5.32 Å². The van der Waals surface area contributed by atoms with E-state index < -0.39 is 0 Å². The minimum Gasteiger partial charge on any atom is -0.302 e. The number of amides is 1. The lowest BCUT2D eigenvalue weighted by molar-refractivity contribution is -0.115. The summed E-state index contributed by atoms with van der Waals surface area (Å²) in [5.41, 5.74) is 0.705. The molecular weight excluding hydrogens is 259 g/mol. The number of anilines is 1. The minimum atomic E-state index is -0.290. The molecule has 0 atom stereocenters. The number of benzene rings is 1. The number of hydrogen-bond acceptors (Lipinski definition) is 4. The molecule has 2 rings (SSSR count). The number of nitrogens with zero attached hydrogens (tertiary/aromatic N) is 1. The van der Waals surface area contributed by atoms with Crippen molar-refractivity contribution < 1.29 is 9.18 Å². The van der Waals surface area contributed by atoms with E-state index in [1.54, 1.807) is 17.8 Å². The van der Waals surface area contributed by atoms with E-state index in [4.69, 9.17) is 0 Å². The third-order valence-corrected chi connectivity index (χ3v) is 3.68. The van der Waals surface area contributed by atoms with Crippen molar-refractivity contribution in [2.24, 2.45) is 0 Å². The SMILES string of the molecule is CSCCC(=O)Nc1nc2ccc(F)cc2s1. The molecule has 0 aliphatic heterocycles. The van der Waals surface area contributed by atoms with Gasteiger partial charge in [-0.15, -0.1) is 0 Å². The zero-order valence-corrected chi connectivity index (χ0v) is 10.8. The number of halogens is 1. The van der Waals surface area contributed by atoms with Gasteiger partial charge < -0.3 is 5.32 Å². The zero-order chi connectivity index (χ0) is 12.3. The first-order valence-electron chi connectivity index (χ1n) is 5.04. The fraction of sp³-hybridized carbons (Fsp3) is 0.273. The van der Waals surface area contributed by atoms with Crippen molar-refractivity contribution in [2.75, 3.05) is 17.3 Å². The maximum absolute atomic E-state index is 13.0. The van der Waals surface area contributed by atoms with E-state index in [0.29, 0.717) is 17.1 Å². The second kappa shape index (κ2) is 5.46. The van der Waals surface area contributed by atoms with Crippen molar-refractivity contribution >= 4 is 44.4 Å². The van der Waals surface area contributed by atoms with Crippen LogP contribution in [-0.4, -0.2) is 22.9 Å². The van der Waals surface area contributed by atoms with Gasteiger partial charge in [0.1, 0.15) is 5.82 Å². The first-order chi connectivity index (χ1) is 8.19. The van der Waals surface area contributed by atoms with Crippen LogP contribution in [0.5, 0.6) is 0 Å². The molecule has 2 aromatic rings. The number of nitrogens with one attached hydrogen (secondary N) is 1. The predicted molar refractivity (Wildman–Crippen MR) is 71.2 cm³/mol. The second-order valence-corrected chi connectivity index (χ2v) is 5.44. The van der Waals surface area contributed by atoms with Gasteiger partial charge in [0.15, 0.2) is 5.13 Å². The highest BCUT2D eigenvalue weighted by Crippen LogP contribution is 2.26. The van der Waals surface area contributed by atoms with Crippen LogP contribution in [0.2, 0.25) is 0 Å². The van der Waals surface area contributed by atoms with E-state index in [9.17, 15) is 9.18 Å². The molecule has 0 unspecified atom stereocenters. The summed E-state index contributed by atoms with van der Waals surface area (Å²) in [5, 5.41) is 3.24. The van der Waals surface area contributed by atoms with Crippen LogP contribution >= 0.6 is 23.1 Å². The monoisotopic (exact) mass is 270 g/mol. The third kappa shape index (κ3) is 3.17. The van der Waals surface area contributed by atoms with Gasteiger partial charge in [-0.1, -0.05) is 11.3 Å². The summed E-state index contributed by atoms with van der Waals surface area (Å²) in [6.45, 7) is 0. The molecule has 0 radical (unpaired) electrons. The molecule has 1 aromatic heterocycles. The average molecular weight is 270 g/mol. The van der Waals surface area contributed by atoms with Crippen molar-refractivity contribution in [3.8, 4) is 0 Å². The van der Waals surface area contributed by atoms with Crippen molar-refractivity contribution in [2.45, 2.75) is 6.42 Å². The van der Waals surface area contributed by atoms with E-state index in [0.717, 1.165) is 10.5 Å². The lowest BCUT2D eigenvalue weighted by atomic mass is 10.3. The topological polar surface area (TPSA) is 42.0 Å². The first kappa shape index (κ1) is 12.3.